The van der Waals surface area contributed by atoms with Gasteiger partial charge < -0.3 is 15.7 Å². The van der Waals surface area contributed by atoms with Crippen molar-refractivity contribution in [2.75, 3.05) is 26.2 Å². The average molecular weight is 188 g/mol. The summed E-state index contributed by atoms with van der Waals surface area (Å²) in [5.41, 5.74) is 5.67. The van der Waals surface area contributed by atoms with Crippen LogP contribution in [0.1, 0.15) is 27.2 Å². The Morgan fingerprint density at radius 1 is 1.31 bits per heavy atom. The second kappa shape index (κ2) is 7.30. The van der Waals surface area contributed by atoms with Gasteiger partial charge in [-0.15, -0.1) is 0 Å². The molecule has 0 bridgehead atoms. The fourth-order valence-electron chi connectivity index (χ4n) is 1.29. The van der Waals surface area contributed by atoms with Gasteiger partial charge in [-0.25, -0.2) is 0 Å². The normalized spacial score (nSPS) is 16.2. The van der Waals surface area contributed by atoms with Crippen molar-refractivity contribution in [1.29, 1.82) is 0 Å². The van der Waals surface area contributed by atoms with Crippen LogP contribution in [0, 0.1) is 5.92 Å². The molecule has 0 radical (unpaired) electrons. The first kappa shape index (κ1) is 12.9. The summed E-state index contributed by atoms with van der Waals surface area (Å²) in [6, 6.07) is -0.0935. The van der Waals surface area contributed by atoms with Crippen LogP contribution in [0.4, 0.5) is 0 Å². The van der Waals surface area contributed by atoms with Crippen molar-refractivity contribution in [3.05, 3.63) is 0 Å². The number of nitrogens with two attached hydrogens (primary N) is 1. The average Bonchev–Trinajstić information content (AvgIpc) is 2.16. The molecule has 80 valence electrons. The van der Waals surface area contributed by atoms with Gasteiger partial charge in [0.15, 0.2) is 0 Å². The first-order valence-electron chi connectivity index (χ1n) is 5.22. The van der Waals surface area contributed by atoms with Crippen LogP contribution in [0.5, 0.6) is 0 Å². The zero-order valence-corrected chi connectivity index (χ0v) is 9.16. The summed E-state index contributed by atoms with van der Waals surface area (Å²) in [4.78, 5) is 2.30. The predicted molar refractivity (Wildman–Crippen MR) is 56.6 cm³/mol. The van der Waals surface area contributed by atoms with Gasteiger partial charge in [0, 0.05) is 19.1 Å². The molecule has 0 amide bonds. The molecule has 13 heavy (non-hydrogen) atoms. The summed E-state index contributed by atoms with van der Waals surface area (Å²) >= 11 is 0. The van der Waals surface area contributed by atoms with Crippen LogP contribution in [0.2, 0.25) is 0 Å². The van der Waals surface area contributed by atoms with Gasteiger partial charge in [0.1, 0.15) is 0 Å². The summed E-state index contributed by atoms with van der Waals surface area (Å²) in [6.07, 6.45) is 1.20. The highest BCUT2D eigenvalue weighted by Crippen LogP contribution is 2.04. The van der Waals surface area contributed by atoms with E-state index in [9.17, 15) is 0 Å². The minimum atomic E-state index is -0.0935. The van der Waals surface area contributed by atoms with Gasteiger partial charge in [-0.3, -0.25) is 0 Å². The minimum Gasteiger partial charge on any atom is -0.395 e. The molecule has 3 nitrogen and oxygen atoms in total. The topological polar surface area (TPSA) is 49.5 Å². The van der Waals surface area contributed by atoms with Gasteiger partial charge in [0.25, 0.3) is 0 Å². The highest BCUT2D eigenvalue weighted by atomic mass is 16.3. The lowest BCUT2D eigenvalue weighted by Crippen LogP contribution is -2.41. The molecule has 0 aliphatic heterocycles. The summed E-state index contributed by atoms with van der Waals surface area (Å²) in [7, 11) is 0. The van der Waals surface area contributed by atoms with Gasteiger partial charge >= 0.3 is 0 Å². The van der Waals surface area contributed by atoms with Crippen molar-refractivity contribution in [1.82, 2.24) is 4.90 Å². The van der Waals surface area contributed by atoms with Gasteiger partial charge in [-0.1, -0.05) is 27.2 Å². The Kier molecular flexibility index (Phi) is 7.23. The van der Waals surface area contributed by atoms with Gasteiger partial charge in [-0.05, 0) is 12.5 Å². The van der Waals surface area contributed by atoms with E-state index in [1.54, 1.807) is 0 Å². The van der Waals surface area contributed by atoms with Crippen molar-refractivity contribution in [2.24, 2.45) is 11.7 Å². The van der Waals surface area contributed by atoms with Crippen LogP contribution < -0.4 is 5.73 Å². The summed E-state index contributed by atoms with van der Waals surface area (Å²) < 4.78 is 0. The lowest BCUT2D eigenvalue weighted by Gasteiger charge is -2.25. The van der Waals surface area contributed by atoms with E-state index in [4.69, 9.17) is 10.8 Å². The molecule has 0 aromatic heterocycles. The fourth-order valence-corrected chi connectivity index (χ4v) is 1.29. The predicted octanol–water partition coefficient (Wildman–Crippen LogP) is 0.674. The SMILES string of the molecule is CCC(C)CN(CC)CC(N)CO. The molecular formula is C10H24N2O. The van der Waals surface area contributed by atoms with E-state index in [1.807, 2.05) is 0 Å². The molecule has 0 aromatic carbocycles. The zero-order chi connectivity index (χ0) is 10.3. The molecule has 0 rings (SSSR count). The molecule has 2 unspecified atom stereocenters. The van der Waals surface area contributed by atoms with Crippen LogP contribution in [-0.2, 0) is 0 Å². The molecule has 3 N–H and O–H groups in total. The second-order valence-corrected chi connectivity index (χ2v) is 3.81. The Morgan fingerprint density at radius 2 is 1.92 bits per heavy atom. The fraction of sp³-hybridized carbons (Fsp3) is 1.00. The number of hydrogen-bond acceptors (Lipinski definition) is 3. The van der Waals surface area contributed by atoms with E-state index in [0.29, 0.717) is 5.92 Å². The quantitative estimate of drug-likeness (QED) is 0.617. The number of aliphatic hydroxyl groups is 1. The van der Waals surface area contributed by atoms with E-state index in [-0.39, 0.29) is 12.6 Å². The molecule has 0 saturated heterocycles. The third kappa shape index (κ3) is 6.02. The Balaban J connectivity index is 3.74. The van der Waals surface area contributed by atoms with Gasteiger partial charge in [0.2, 0.25) is 0 Å². The van der Waals surface area contributed by atoms with Crippen LogP contribution in [0.3, 0.4) is 0 Å². The number of likely N-dealkylation sites (N-methyl/N-ethyl adjacent to an activating group) is 1. The number of nitrogens with zero attached hydrogens (tertiary/aromatic N) is 1. The monoisotopic (exact) mass is 188 g/mol. The first-order valence-corrected chi connectivity index (χ1v) is 5.22. The largest absolute Gasteiger partial charge is 0.395 e. The maximum Gasteiger partial charge on any atom is 0.0595 e. The van der Waals surface area contributed by atoms with E-state index in [1.165, 1.54) is 6.42 Å². The van der Waals surface area contributed by atoms with E-state index in [2.05, 4.69) is 25.7 Å². The Hall–Kier alpha value is -0.120. The molecule has 0 aromatic rings. The number of hydrogen-bond donors (Lipinski definition) is 2. The van der Waals surface area contributed by atoms with Crippen molar-refractivity contribution in [3.63, 3.8) is 0 Å². The van der Waals surface area contributed by atoms with Crippen molar-refractivity contribution in [2.45, 2.75) is 33.2 Å². The maximum atomic E-state index is 8.82. The molecule has 0 fully saturated rings. The van der Waals surface area contributed by atoms with E-state index < -0.39 is 0 Å². The highest BCUT2D eigenvalue weighted by Gasteiger charge is 2.10. The molecule has 0 spiro atoms. The van der Waals surface area contributed by atoms with E-state index >= 15 is 0 Å². The third-order valence-corrected chi connectivity index (χ3v) is 2.44. The molecule has 0 heterocycles. The molecular weight excluding hydrogens is 164 g/mol. The van der Waals surface area contributed by atoms with Crippen LogP contribution in [0.15, 0.2) is 0 Å². The molecule has 3 heteroatoms. The zero-order valence-electron chi connectivity index (χ0n) is 9.16. The van der Waals surface area contributed by atoms with Gasteiger partial charge in [0.05, 0.1) is 6.61 Å². The third-order valence-electron chi connectivity index (χ3n) is 2.44. The van der Waals surface area contributed by atoms with Crippen molar-refractivity contribution >= 4 is 0 Å². The number of aliphatic hydroxyl groups excluding tert-OH is 1. The molecule has 0 saturated carbocycles. The number of rotatable bonds is 7. The Bertz CT molecular complexity index is 107. The molecule has 0 aliphatic carbocycles. The minimum absolute atomic E-state index is 0.0804. The van der Waals surface area contributed by atoms with Gasteiger partial charge in [-0.2, -0.15) is 0 Å². The van der Waals surface area contributed by atoms with Crippen LogP contribution >= 0.6 is 0 Å². The Morgan fingerprint density at radius 3 is 2.31 bits per heavy atom. The summed E-state index contributed by atoms with van der Waals surface area (Å²) in [6.45, 7) is 9.55. The highest BCUT2D eigenvalue weighted by molar-refractivity contribution is 4.68. The lowest BCUT2D eigenvalue weighted by atomic mass is 10.1. The smallest absolute Gasteiger partial charge is 0.0595 e. The van der Waals surface area contributed by atoms with E-state index in [0.717, 1.165) is 19.6 Å². The lowest BCUT2D eigenvalue weighted by molar-refractivity contribution is 0.190. The summed E-state index contributed by atoms with van der Waals surface area (Å²) in [5, 5.41) is 8.82. The summed E-state index contributed by atoms with van der Waals surface area (Å²) in [5.74, 6) is 0.714. The van der Waals surface area contributed by atoms with Crippen molar-refractivity contribution < 1.29 is 5.11 Å². The first-order chi connectivity index (χ1) is 6.13. The van der Waals surface area contributed by atoms with Crippen molar-refractivity contribution in [3.8, 4) is 0 Å². The van der Waals surface area contributed by atoms with Crippen LogP contribution in [0.25, 0.3) is 0 Å². The molecule has 0 aliphatic rings. The standard InChI is InChI=1S/C10H24N2O/c1-4-9(3)6-12(5-2)7-10(11)8-13/h9-10,13H,4-8,11H2,1-3H3. The molecule has 2 atom stereocenters. The Labute approximate surface area is 81.9 Å². The maximum absolute atomic E-state index is 8.82. The van der Waals surface area contributed by atoms with Crippen LogP contribution in [-0.4, -0.2) is 42.3 Å². The second-order valence-electron chi connectivity index (χ2n) is 3.81.